The van der Waals surface area contributed by atoms with Crippen LogP contribution in [-0.2, 0) is 16.3 Å². The van der Waals surface area contributed by atoms with Crippen LogP contribution in [0.2, 0.25) is 0 Å². The van der Waals surface area contributed by atoms with Gasteiger partial charge in [-0.3, -0.25) is 0 Å². The molecule has 0 fully saturated rings. The van der Waals surface area contributed by atoms with Gasteiger partial charge in [0, 0.05) is 12.3 Å². The van der Waals surface area contributed by atoms with Gasteiger partial charge in [0.1, 0.15) is 0 Å². The third-order valence-electron chi connectivity index (χ3n) is 4.17. The fraction of sp³-hybridized carbons (Fsp3) is 0.375. The van der Waals surface area contributed by atoms with Crippen LogP contribution in [0, 0.1) is 0 Å². The smallest absolute Gasteiger partial charge is 0.154 e. The van der Waals surface area contributed by atoms with E-state index in [-0.39, 0.29) is 0 Å². The van der Waals surface area contributed by atoms with E-state index in [4.69, 9.17) is 5.73 Å². The lowest BCUT2D eigenvalue weighted by atomic mass is 9.93. The number of sulfone groups is 1. The highest BCUT2D eigenvalue weighted by Crippen LogP contribution is 2.25. The van der Waals surface area contributed by atoms with E-state index in [1.54, 1.807) is 13.8 Å². The van der Waals surface area contributed by atoms with Crippen molar-refractivity contribution in [2.24, 2.45) is 5.73 Å². The van der Waals surface area contributed by atoms with Gasteiger partial charge in [-0.15, -0.1) is 0 Å². The lowest BCUT2D eigenvalue weighted by molar-refractivity contribution is 0.483. The van der Waals surface area contributed by atoms with E-state index in [9.17, 15) is 8.42 Å². The molecule has 0 bridgehead atoms. The van der Waals surface area contributed by atoms with Crippen molar-refractivity contribution in [1.29, 1.82) is 0 Å². The molecule has 2 N–H and O–H groups in total. The van der Waals surface area contributed by atoms with Crippen molar-refractivity contribution in [2.75, 3.05) is 6.26 Å². The van der Waals surface area contributed by atoms with Gasteiger partial charge >= 0.3 is 0 Å². The van der Waals surface area contributed by atoms with E-state index in [0.717, 1.165) is 16.3 Å². The zero-order valence-corrected chi connectivity index (χ0v) is 12.9. The second-order valence-electron chi connectivity index (χ2n) is 5.82. The quantitative estimate of drug-likeness (QED) is 0.941. The summed E-state index contributed by atoms with van der Waals surface area (Å²) in [5, 5.41) is 2.28. The molecule has 0 amide bonds. The second-order valence-corrected chi connectivity index (χ2v) is 8.42. The fourth-order valence-electron chi connectivity index (χ4n) is 2.23. The van der Waals surface area contributed by atoms with Crippen molar-refractivity contribution in [2.45, 2.75) is 31.1 Å². The van der Waals surface area contributed by atoms with Crippen LogP contribution in [0.4, 0.5) is 0 Å². The van der Waals surface area contributed by atoms with Gasteiger partial charge in [-0.1, -0.05) is 42.5 Å². The molecule has 0 aliphatic heterocycles. The standard InChI is InChI=1S/C16H21NO2S/c1-16(2,20(3,18)19)15(17)11-13-9-6-8-12-7-4-5-10-14(12)13/h4-10,15H,11,17H2,1-3H3. The first kappa shape index (κ1) is 15.0. The molecular formula is C16H21NO2S. The van der Waals surface area contributed by atoms with Crippen molar-refractivity contribution < 1.29 is 8.42 Å². The number of fused-ring (bicyclic) bond motifs is 1. The molecule has 3 nitrogen and oxygen atoms in total. The van der Waals surface area contributed by atoms with Gasteiger partial charge in [-0.05, 0) is 36.6 Å². The SMILES string of the molecule is CC(C)(C(N)Cc1cccc2ccccc12)S(C)(=O)=O. The molecule has 0 saturated carbocycles. The Bertz CT molecular complexity index is 715. The highest BCUT2D eigenvalue weighted by atomic mass is 32.2. The molecule has 0 radical (unpaired) electrons. The predicted octanol–water partition coefficient (Wildman–Crippen LogP) is 2.53. The zero-order chi connectivity index (χ0) is 15.0. The minimum Gasteiger partial charge on any atom is -0.326 e. The summed E-state index contributed by atoms with van der Waals surface area (Å²) >= 11 is 0. The molecule has 4 heteroatoms. The molecular weight excluding hydrogens is 270 g/mol. The number of hydrogen-bond donors (Lipinski definition) is 1. The first-order valence-corrected chi connectivity index (χ1v) is 8.54. The summed E-state index contributed by atoms with van der Waals surface area (Å²) in [4.78, 5) is 0. The Labute approximate surface area is 120 Å². The van der Waals surface area contributed by atoms with E-state index in [2.05, 4.69) is 0 Å². The maximum atomic E-state index is 11.9. The maximum Gasteiger partial charge on any atom is 0.154 e. The topological polar surface area (TPSA) is 60.2 Å². The van der Waals surface area contributed by atoms with E-state index >= 15 is 0 Å². The van der Waals surface area contributed by atoms with Crippen LogP contribution in [0.5, 0.6) is 0 Å². The van der Waals surface area contributed by atoms with Gasteiger partial charge in [-0.2, -0.15) is 0 Å². The third-order valence-corrected chi connectivity index (χ3v) is 6.38. The predicted molar refractivity (Wildman–Crippen MR) is 84.6 cm³/mol. The molecule has 1 unspecified atom stereocenters. The fourth-order valence-corrected chi connectivity index (χ4v) is 2.86. The van der Waals surface area contributed by atoms with Crippen LogP contribution in [0.15, 0.2) is 42.5 Å². The van der Waals surface area contributed by atoms with Crippen molar-refractivity contribution in [3.05, 3.63) is 48.0 Å². The molecule has 0 spiro atoms. The van der Waals surface area contributed by atoms with Gasteiger partial charge in [0.05, 0.1) is 4.75 Å². The Kier molecular flexibility index (Phi) is 3.89. The van der Waals surface area contributed by atoms with Gasteiger partial charge < -0.3 is 5.73 Å². The van der Waals surface area contributed by atoms with Crippen LogP contribution in [0.25, 0.3) is 10.8 Å². The Hall–Kier alpha value is -1.39. The van der Waals surface area contributed by atoms with E-state index in [1.807, 2.05) is 42.5 Å². The van der Waals surface area contributed by atoms with Crippen LogP contribution in [0.3, 0.4) is 0 Å². The summed E-state index contributed by atoms with van der Waals surface area (Å²) in [6.45, 7) is 3.39. The second kappa shape index (κ2) is 5.19. The lowest BCUT2D eigenvalue weighted by Gasteiger charge is -2.30. The normalized spacial score (nSPS) is 14.4. The average molecular weight is 291 g/mol. The van der Waals surface area contributed by atoms with Crippen molar-refractivity contribution in [1.82, 2.24) is 0 Å². The Balaban J connectivity index is 2.38. The number of benzene rings is 2. The molecule has 2 aromatic rings. The molecule has 0 aliphatic rings. The molecule has 108 valence electrons. The van der Waals surface area contributed by atoms with Crippen LogP contribution < -0.4 is 5.73 Å². The van der Waals surface area contributed by atoms with Crippen LogP contribution in [-0.4, -0.2) is 25.5 Å². The Morgan fingerprint density at radius 1 is 1.10 bits per heavy atom. The summed E-state index contributed by atoms with van der Waals surface area (Å²) in [5.41, 5.74) is 7.27. The summed E-state index contributed by atoms with van der Waals surface area (Å²) in [7, 11) is -3.20. The number of rotatable bonds is 4. The van der Waals surface area contributed by atoms with Gasteiger partial charge in [0.25, 0.3) is 0 Å². The van der Waals surface area contributed by atoms with Gasteiger partial charge in [0.2, 0.25) is 0 Å². The van der Waals surface area contributed by atoms with Crippen LogP contribution in [0.1, 0.15) is 19.4 Å². The van der Waals surface area contributed by atoms with Crippen molar-refractivity contribution in [3.63, 3.8) is 0 Å². The molecule has 2 rings (SSSR count). The highest BCUT2D eigenvalue weighted by Gasteiger charge is 2.36. The van der Waals surface area contributed by atoms with Gasteiger partial charge in [-0.25, -0.2) is 8.42 Å². The summed E-state index contributed by atoms with van der Waals surface area (Å²) in [5.74, 6) is 0. The minimum absolute atomic E-state index is 0.441. The van der Waals surface area contributed by atoms with E-state index < -0.39 is 20.6 Å². The van der Waals surface area contributed by atoms with E-state index in [1.165, 1.54) is 6.26 Å². The molecule has 0 aromatic heterocycles. The third kappa shape index (κ3) is 2.72. The first-order chi connectivity index (χ1) is 9.23. The molecule has 1 atom stereocenters. The summed E-state index contributed by atoms with van der Waals surface area (Å²) in [6, 6.07) is 13.7. The molecule has 2 aromatic carbocycles. The van der Waals surface area contributed by atoms with Crippen molar-refractivity contribution in [3.8, 4) is 0 Å². The average Bonchev–Trinajstić information content (AvgIpc) is 2.37. The summed E-state index contributed by atoms with van der Waals surface area (Å²) in [6.07, 6.45) is 1.79. The lowest BCUT2D eigenvalue weighted by Crippen LogP contribution is -2.49. The monoisotopic (exact) mass is 291 g/mol. The largest absolute Gasteiger partial charge is 0.326 e. The highest BCUT2D eigenvalue weighted by molar-refractivity contribution is 7.92. The zero-order valence-electron chi connectivity index (χ0n) is 12.1. The van der Waals surface area contributed by atoms with Crippen LogP contribution >= 0.6 is 0 Å². The Morgan fingerprint density at radius 2 is 1.70 bits per heavy atom. The minimum atomic E-state index is -3.20. The maximum absolute atomic E-state index is 11.9. The van der Waals surface area contributed by atoms with Gasteiger partial charge in [0.15, 0.2) is 9.84 Å². The molecule has 20 heavy (non-hydrogen) atoms. The van der Waals surface area contributed by atoms with E-state index in [0.29, 0.717) is 6.42 Å². The summed E-state index contributed by atoms with van der Waals surface area (Å²) < 4.78 is 22.8. The number of nitrogens with two attached hydrogens (primary N) is 1. The Morgan fingerprint density at radius 3 is 2.35 bits per heavy atom. The molecule has 0 saturated heterocycles. The number of hydrogen-bond acceptors (Lipinski definition) is 3. The van der Waals surface area contributed by atoms with Crippen molar-refractivity contribution >= 4 is 20.6 Å². The first-order valence-electron chi connectivity index (χ1n) is 6.65. The molecule has 0 aliphatic carbocycles. The molecule has 0 heterocycles.